The van der Waals surface area contributed by atoms with Gasteiger partial charge in [0, 0.05) is 38.9 Å². The standard InChI is InChI=1S/C22H28N2O4S/c1-17(2)19-8-10-21(11-9-19)29(26,27)24-14-12-23(13-15-24)22(25)20-6-4-18(5-7-20)16-28-3/h4-11,17H,12-16H2,1-3H3. The molecule has 1 heterocycles. The summed E-state index contributed by atoms with van der Waals surface area (Å²) in [5, 5.41) is 0. The molecular weight excluding hydrogens is 388 g/mol. The van der Waals surface area contributed by atoms with Gasteiger partial charge in [0.2, 0.25) is 10.0 Å². The van der Waals surface area contributed by atoms with E-state index in [1.165, 1.54) is 4.31 Å². The number of sulfonamides is 1. The van der Waals surface area contributed by atoms with Crippen molar-refractivity contribution in [3.8, 4) is 0 Å². The van der Waals surface area contributed by atoms with E-state index in [0.29, 0.717) is 49.2 Å². The lowest BCUT2D eigenvalue weighted by molar-refractivity contribution is 0.0698. The highest BCUT2D eigenvalue weighted by Crippen LogP contribution is 2.22. The molecule has 0 spiro atoms. The van der Waals surface area contributed by atoms with Crippen molar-refractivity contribution in [2.45, 2.75) is 31.3 Å². The number of hydrogen-bond donors (Lipinski definition) is 0. The van der Waals surface area contributed by atoms with Gasteiger partial charge < -0.3 is 9.64 Å². The first-order valence-corrected chi connectivity index (χ1v) is 11.2. The predicted molar refractivity (Wildman–Crippen MR) is 112 cm³/mol. The minimum Gasteiger partial charge on any atom is -0.380 e. The van der Waals surface area contributed by atoms with E-state index in [0.717, 1.165) is 11.1 Å². The molecule has 6 nitrogen and oxygen atoms in total. The second kappa shape index (κ2) is 9.07. The van der Waals surface area contributed by atoms with Gasteiger partial charge in [-0.1, -0.05) is 38.1 Å². The van der Waals surface area contributed by atoms with Crippen LogP contribution in [0.1, 0.15) is 41.3 Å². The molecule has 0 aromatic heterocycles. The Kier molecular flexibility index (Phi) is 6.72. The molecule has 1 saturated heterocycles. The molecule has 29 heavy (non-hydrogen) atoms. The van der Waals surface area contributed by atoms with Gasteiger partial charge in [-0.15, -0.1) is 0 Å². The van der Waals surface area contributed by atoms with Gasteiger partial charge in [-0.05, 0) is 41.3 Å². The number of amides is 1. The maximum Gasteiger partial charge on any atom is 0.253 e. The summed E-state index contributed by atoms with van der Waals surface area (Å²) in [5.41, 5.74) is 2.71. The number of nitrogens with zero attached hydrogens (tertiary/aromatic N) is 2. The number of hydrogen-bond acceptors (Lipinski definition) is 4. The van der Waals surface area contributed by atoms with Crippen molar-refractivity contribution >= 4 is 15.9 Å². The smallest absolute Gasteiger partial charge is 0.253 e. The Hall–Kier alpha value is -2.22. The fraction of sp³-hybridized carbons (Fsp3) is 0.409. The van der Waals surface area contributed by atoms with Crippen LogP contribution in [0.4, 0.5) is 0 Å². The van der Waals surface area contributed by atoms with E-state index in [1.807, 2.05) is 24.3 Å². The molecule has 0 N–H and O–H groups in total. The molecule has 156 valence electrons. The van der Waals surface area contributed by atoms with Gasteiger partial charge in [0.25, 0.3) is 5.91 Å². The average Bonchev–Trinajstić information content (AvgIpc) is 2.74. The summed E-state index contributed by atoms with van der Waals surface area (Å²) in [6, 6.07) is 14.4. The van der Waals surface area contributed by atoms with E-state index in [2.05, 4.69) is 13.8 Å². The van der Waals surface area contributed by atoms with Crippen LogP contribution in [0.5, 0.6) is 0 Å². The molecule has 0 saturated carbocycles. The summed E-state index contributed by atoms with van der Waals surface area (Å²) in [4.78, 5) is 14.7. The van der Waals surface area contributed by atoms with Gasteiger partial charge in [0.1, 0.15) is 0 Å². The van der Waals surface area contributed by atoms with E-state index < -0.39 is 10.0 Å². The van der Waals surface area contributed by atoms with Crippen molar-refractivity contribution < 1.29 is 17.9 Å². The Morgan fingerprint density at radius 1 is 0.966 bits per heavy atom. The fourth-order valence-electron chi connectivity index (χ4n) is 3.40. The van der Waals surface area contributed by atoms with Crippen LogP contribution in [0.15, 0.2) is 53.4 Å². The van der Waals surface area contributed by atoms with Gasteiger partial charge in [-0.2, -0.15) is 4.31 Å². The third-order valence-electron chi connectivity index (χ3n) is 5.22. The van der Waals surface area contributed by atoms with Crippen LogP contribution >= 0.6 is 0 Å². The lowest BCUT2D eigenvalue weighted by Gasteiger charge is -2.34. The van der Waals surface area contributed by atoms with Crippen LogP contribution in [0, 0.1) is 0 Å². The monoisotopic (exact) mass is 416 g/mol. The van der Waals surface area contributed by atoms with Gasteiger partial charge in [-0.25, -0.2) is 8.42 Å². The molecule has 0 aliphatic carbocycles. The van der Waals surface area contributed by atoms with E-state index >= 15 is 0 Å². The van der Waals surface area contributed by atoms with Crippen molar-refractivity contribution in [1.29, 1.82) is 0 Å². The lowest BCUT2D eigenvalue weighted by atomic mass is 10.0. The first-order valence-electron chi connectivity index (χ1n) is 9.80. The quantitative estimate of drug-likeness (QED) is 0.726. The number of benzene rings is 2. The second-order valence-corrected chi connectivity index (χ2v) is 9.49. The number of methoxy groups -OCH3 is 1. The van der Waals surface area contributed by atoms with Gasteiger partial charge in [-0.3, -0.25) is 4.79 Å². The molecule has 2 aromatic carbocycles. The third-order valence-corrected chi connectivity index (χ3v) is 7.14. The van der Waals surface area contributed by atoms with Crippen molar-refractivity contribution in [2.75, 3.05) is 33.3 Å². The van der Waals surface area contributed by atoms with Crippen molar-refractivity contribution in [3.05, 3.63) is 65.2 Å². The highest BCUT2D eigenvalue weighted by Gasteiger charge is 2.30. The van der Waals surface area contributed by atoms with Crippen LogP contribution in [0.2, 0.25) is 0 Å². The normalized spacial score (nSPS) is 15.7. The van der Waals surface area contributed by atoms with Crippen LogP contribution < -0.4 is 0 Å². The minimum atomic E-state index is -3.55. The third kappa shape index (κ3) is 4.86. The van der Waals surface area contributed by atoms with Crippen LogP contribution in [0.25, 0.3) is 0 Å². The molecule has 0 bridgehead atoms. The van der Waals surface area contributed by atoms with Crippen molar-refractivity contribution in [3.63, 3.8) is 0 Å². The van der Waals surface area contributed by atoms with Gasteiger partial charge in [0.15, 0.2) is 0 Å². The molecule has 0 radical (unpaired) electrons. The first-order chi connectivity index (χ1) is 13.8. The second-order valence-electron chi connectivity index (χ2n) is 7.55. The number of piperazine rings is 1. The van der Waals surface area contributed by atoms with E-state index in [1.54, 1.807) is 36.3 Å². The highest BCUT2D eigenvalue weighted by atomic mass is 32.2. The molecule has 1 fully saturated rings. The summed E-state index contributed by atoms with van der Waals surface area (Å²) in [6.07, 6.45) is 0. The zero-order chi connectivity index (χ0) is 21.0. The summed E-state index contributed by atoms with van der Waals surface area (Å²) in [5.74, 6) is 0.275. The molecule has 2 aromatic rings. The molecule has 1 aliphatic rings. The molecule has 1 amide bonds. The molecule has 0 atom stereocenters. The number of carbonyl (C=O) groups excluding carboxylic acids is 1. The largest absolute Gasteiger partial charge is 0.380 e. The highest BCUT2D eigenvalue weighted by molar-refractivity contribution is 7.89. The zero-order valence-corrected chi connectivity index (χ0v) is 18.0. The molecule has 7 heteroatoms. The maximum atomic E-state index is 12.9. The molecule has 3 rings (SSSR count). The van der Waals surface area contributed by atoms with Crippen LogP contribution in [-0.4, -0.2) is 56.8 Å². The van der Waals surface area contributed by atoms with Crippen LogP contribution in [-0.2, 0) is 21.4 Å². The topological polar surface area (TPSA) is 66.9 Å². The Balaban J connectivity index is 1.63. The Bertz CT molecular complexity index is 930. The lowest BCUT2D eigenvalue weighted by Crippen LogP contribution is -2.50. The zero-order valence-electron chi connectivity index (χ0n) is 17.2. The summed E-state index contributed by atoms with van der Waals surface area (Å²) >= 11 is 0. The van der Waals surface area contributed by atoms with Crippen LogP contribution in [0.3, 0.4) is 0 Å². The number of rotatable bonds is 6. The van der Waals surface area contributed by atoms with E-state index in [9.17, 15) is 13.2 Å². The summed E-state index contributed by atoms with van der Waals surface area (Å²) in [6.45, 7) is 5.99. The maximum absolute atomic E-state index is 12.9. The Labute approximate surface area is 173 Å². The molecule has 0 unspecified atom stereocenters. The van der Waals surface area contributed by atoms with Crippen molar-refractivity contribution in [1.82, 2.24) is 9.21 Å². The van der Waals surface area contributed by atoms with E-state index in [4.69, 9.17) is 4.74 Å². The Morgan fingerprint density at radius 2 is 1.55 bits per heavy atom. The van der Waals surface area contributed by atoms with E-state index in [-0.39, 0.29) is 5.91 Å². The summed E-state index contributed by atoms with van der Waals surface area (Å²) < 4.78 is 32.4. The SMILES string of the molecule is COCc1ccc(C(=O)N2CCN(S(=O)(=O)c3ccc(C(C)C)cc3)CC2)cc1. The van der Waals surface area contributed by atoms with Gasteiger partial charge in [0.05, 0.1) is 11.5 Å². The van der Waals surface area contributed by atoms with Gasteiger partial charge >= 0.3 is 0 Å². The van der Waals surface area contributed by atoms with Crippen molar-refractivity contribution in [2.24, 2.45) is 0 Å². The predicted octanol–water partition coefficient (Wildman–Crippen LogP) is 3.10. The average molecular weight is 417 g/mol. The minimum absolute atomic E-state index is 0.0766. The summed E-state index contributed by atoms with van der Waals surface area (Å²) in [7, 11) is -1.92. The number of ether oxygens (including phenoxy) is 1. The fourth-order valence-corrected chi connectivity index (χ4v) is 4.82. The molecular formula is C22H28N2O4S. The first kappa shape index (κ1) is 21.5. The molecule has 1 aliphatic heterocycles. The Morgan fingerprint density at radius 3 is 2.07 bits per heavy atom. The number of carbonyl (C=O) groups is 1.